The summed E-state index contributed by atoms with van der Waals surface area (Å²) in [4.78, 5) is 16.9. The molecule has 110 valence electrons. The number of piperidine rings is 1. The van der Waals surface area contributed by atoms with E-state index >= 15 is 0 Å². The van der Waals surface area contributed by atoms with Gasteiger partial charge in [-0.05, 0) is 59.0 Å². The lowest BCUT2D eigenvalue weighted by atomic mass is 9.91. The topological polar surface area (TPSA) is 35.6 Å². The number of likely N-dealkylation sites (tertiary alicyclic amines) is 2. The second-order valence-corrected chi connectivity index (χ2v) is 6.18. The molecule has 0 bridgehead atoms. The van der Waals surface area contributed by atoms with Crippen LogP contribution in [-0.2, 0) is 4.79 Å². The summed E-state index contributed by atoms with van der Waals surface area (Å²) in [5.74, 6) is 1.02. The van der Waals surface area contributed by atoms with Gasteiger partial charge in [-0.15, -0.1) is 0 Å². The molecule has 19 heavy (non-hydrogen) atoms. The number of carbonyl (C=O) groups excluding carboxylic acids is 1. The van der Waals surface area contributed by atoms with Crippen LogP contribution in [0.1, 0.15) is 39.5 Å². The third kappa shape index (κ3) is 3.48. The van der Waals surface area contributed by atoms with Crippen LogP contribution in [0.15, 0.2) is 0 Å². The fourth-order valence-corrected chi connectivity index (χ4v) is 3.39. The number of hydrogen-bond donors (Lipinski definition) is 1. The summed E-state index contributed by atoms with van der Waals surface area (Å²) >= 11 is 0. The Hall–Kier alpha value is -0.610. The van der Waals surface area contributed by atoms with Crippen LogP contribution in [0.2, 0.25) is 0 Å². The number of amides is 1. The van der Waals surface area contributed by atoms with E-state index in [4.69, 9.17) is 0 Å². The second kappa shape index (κ2) is 6.71. The van der Waals surface area contributed by atoms with Crippen molar-refractivity contribution >= 4 is 5.91 Å². The van der Waals surface area contributed by atoms with E-state index in [2.05, 4.69) is 29.0 Å². The van der Waals surface area contributed by atoms with Crippen LogP contribution in [-0.4, -0.2) is 61.0 Å². The van der Waals surface area contributed by atoms with Crippen molar-refractivity contribution in [3.05, 3.63) is 0 Å². The van der Waals surface area contributed by atoms with Gasteiger partial charge in [-0.2, -0.15) is 0 Å². The molecule has 0 aliphatic carbocycles. The maximum atomic E-state index is 12.5. The van der Waals surface area contributed by atoms with Crippen LogP contribution >= 0.6 is 0 Å². The first kappa shape index (κ1) is 14.8. The molecule has 0 aromatic rings. The molecule has 2 saturated heterocycles. The minimum atomic E-state index is 0.0601. The molecule has 0 aromatic heterocycles. The number of nitrogens with one attached hydrogen (secondary N) is 1. The highest BCUT2D eigenvalue weighted by Crippen LogP contribution is 2.22. The maximum absolute atomic E-state index is 12.5. The second-order valence-electron chi connectivity index (χ2n) is 6.18. The lowest BCUT2D eigenvalue weighted by molar-refractivity contribution is -0.136. The minimum absolute atomic E-state index is 0.0601. The first-order valence-corrected chi connectivity index (χ1v) is 7.83. The van der Waals surface area contributed by atoms with Crippen LogP contribution in [0.3, 0.4) is 0 Å². The van der Waals surface area contributed by atoms with Gasteiger partial charge in [0, 0.05) is 25.7 Å². The lowest BCUT2D eigenvalue weighted by Crippen LogP contribution is -2.52. The van der Waals surface area contributed by atoms with Crippen molar-refractivity contribution in [2.75, 3.05) is 33.2 Å². The average molecular weight is 267 g/mol. The SMILES string of the molecule is CNC(C)C1CCCN(C(C)C(=O)N2CCCC2)C1. The summed E-state index contributed by atoms with van der Waals surface area (Å²) in [6.07, 6.45) is 4.85. The van der Waals surface area contributed by atoms with Crippen LogP contribution in [0.4, 0.5) is 0 Å². The number of hydrogen-bond acceptors (Lipinski definition) is 3. The molecule has 0 saturated carbocycles. The molecule has 2 rings (SSSR count). The minimum Gasteiger partial charge on any atom is -0.341 e. The van der Waals surface area contributed by atoms with Gasteiger partial charge >= 0.3 is 0 Å². The molecule has 1 N–H and O–H groups in total. The van der Waals surface area contributed by atoms with Gasteiger partial charge in [0.25, 0.3) is 0 Å². The fraction of sp³-hybridized carbons (Fsp3) is 0.933. The maximum Gasteiger partial charge on any atom is 0.239 e. The Morgan fingerprint density at radius 3 is 2.47 bits per heavy atom. The van der Waals surface area contributed by atoms with Crippen molar-refractivity contribution in [3.8, 4) is 0 Å². The highest BCUT2D eigenvalue weighted by molar-refractivity contribution is 5.81. The molecule has 4 heteroatoms. The Morgan fingerprint density at radius 1 is 1.16 bits per heavy atom. The molecule has 2 aliphatic rings. The predicted molar refractivity (Wildman–Crippen MR) is 78.1 cm³/mol. The van der Waals surface area contributed by atoms with Crippen LogP contribution in [0.5, 0.6) is 0 Å². The van der Waals surface area contributed by atoms with Crippen molar-refractivity contribution in [1.29, 1.82) is 0 Å². The number of carbonyl (C=O) groups is 1. The van der Waals surface area contributed by atoms with Crippen LogP contribution < -0.4 is 5.32 Å². The van der Waals surface area contributed by atoms with Crippen molar-refractivity contribution in [2.24, 2.45) is 5.92 Å². The molecule has 2 heterocycles. The highest BCUT2D eigenvalue weighted by Gasteiger charge is 2.32. The Kier molecular flexibility index (Phi) is 5.22. The van der Waals surface area contributed by atoms with Gasteiger partial charge < -0.3 is 10.2 Å². The normalized spacial score (nSPS) is 28.4. The molecule has 1 amide bonds. The standard InChI is InChI=1S/C15H29N3O/c1-12(16-3)14-7-6-10-18(11-14)13(2)15(19)17-8-4-5-9-17/h12-14,16H,4-11H2,1-3H3. The van der Waals surface area contributed by atoms with Crippen LogP contribution in [0, 0.1) is 5.92 Å². The summed E-state index contributed by atoms with van der Waals surface area (Å²) in [6.45, 7) is 8.41. The summed E-state index contributed by atoms with van der Waals surface area (Å²) in [5, 5.41) is 3.36. The molecular weight excluding hydrogens is 238 g/mol. The molecule has 0 aromatic carbocycles. The molecule has 2 aliphatic heterocycles. The van der Waals surface area contributed by atoms with Crippen molar-refractivity contribution in [3.63, 3.8) is 0 Å². The zero-order valence-corrected chi connectivity index (χ0v) is 12.7. The van der Waals surface area contributed by atoms with Crippen molar-refractivity contribution in [2.45, 2.75) is 51.6 Å². The van der Waals surface area contributed by atoms with Gasteiger partial charge in [0.1, 0.15) is 0 Å². The van der Waals surface area contributed by atoms with Gasteiger partial charge in [0.15, 0.2) is 0 Å². The van der Waals surface area contributed by atoms with E-state index in [-0.39, 0.29) is 6.04 Å². The molecule has 2 fully saturated rings. The van der Waals surface area contributed by atoms with Gasteiger partial charge in [-0.3, -0.25) is 9.69 Å². The zero-order chi connectivity index (χ0) is 13.8. The van der Waals surface area contributed by atoms with Gasteiger partial charge in [-0.25, -0.2) is 0 Å². The van der Waals surface area contributed by atoms with Gasteiger partial charge in [-0.1, -0.05) is 0 Å². The predicted octanol–water partition coefficient (Wildman–Crippen LogP) is 1.32. The number of rotatable bonds is 4. The van der Waals surface area contributed by atoms with E-state index < -0.39 is 0 Å². The molecule has 0 radical (unpaired) electrons. The third-order valence-corrected chi connectivity index (χ3v) is 4.97. The quantitative estimate of drug-likeness (QED) is 0.834. The van der Waals surface area contributed by atoms with Gasteiger partial charge in [0.05, 0.1) is 6.04 Å². The van der Waals surface area contributed by atoms with E-state index in [9.17, 15) is 4.79 Å². The van der Waals surface area contributed by atoms with Crippen molar-refractivity contribution < 1.29 is 4.79 Å². The highest BCUT2D eigenvalue weighted by atomic mass is 16.2. The smallest absolute Gasteiger partial charge is 0.239 e. The summed E-state index contributed by atoms with van der Waals surface area (Å²) in [6, 6.07) is 0.599. The Labute approximate surface area is 117 Å². The van der Waals surface area contributed by atoms with Gasteiger partial charge in [0.2, 0.25) is 5.91 Å². The lowest BCUT2D eigenvalue weighted by Gasteiger charge is -2.39. The zero-order valence-electron chi connectivity index (χ0n) is 12.7. The van der Waals surface area contributed by atoms with E-state index in [1.54, 1.807) is 0 Å². The van der Waals surface area contributed by atoms with Crippen LogP contribution in [0.25, 0.3) is 0 Å². The molecule has 3 unspecified atom stereocenters. The fourth-order valence-electron chi connectivity index (χ4n) is 3.39. The van der Waals surface area contributed by atoms with Crippen molar-refractivity contribution in [1.82, 2.24) is 15.1 Å². The summed E-state index contributed by atoms with van der Waals surface area (Å²) in [5.41, 5.74) is 0. The molecule has 3 atom stereocenters. The van der Waals surface area contributed by atoms with E-state index in [1.807, 2.05) is 7.05 Å². The monoisotopic (exact) mass is 267 g/mol. The first-order valence-electron chi connectivity index (χ1n) is 7.83. The largest absolute Gasteiger partial charge is 0.341 e. The Balaban J connectivity index is 1.90. The van der Waals surface area contributed by atoms with E-state index in [1.165, 1.54) is 25.7 Å². The third-order valence-electron chi connectivity index (χ3n) is 4.97. The summed E-state index contributed by atoms with van der Waals surface area (Å²) in [7, 11) is 2.03. The Morgan fingerprint density at radius 2 is 1.84 bits per heavy atom. The Bertz CT molecular complexity index is 302. The molecular formula is C15H29N3O. The van der Waals surface area contributed by atoms with E-state index in [0.717, 1.165) is 26.2 Å². The average Bonchev–Trinajstić information content (AvgIpc) is 2.99. The first-order chi connectivity index (χ1) is 9.13. The number of nitrogens with zero attached hydrogens (tertiary/aromatic N) is 2. The molecule has 0 spiro atoms. The summed E-state index contributed by atoms with van der Waals surface area (Å²) < 4.78 is 0. The molecule has 4 nitrogen and oxygen atoms in total. The van der Waals surface area contributed by atoms with E-state index in [0.29, 0.717) is 17.9 Å².